The van der Waals surface area contributed by atoms with E-state index in [4.69, 9.17) is 10.5 Å². The van der Waals surface area contributed by atoms with Crippen LogP contribution < -0.4 is 5.73 Å². The fourth-order valence-electron chi connectivity index (χ4n) is 1.52. The van der Waals surface area contributed by atoms with Crippen LogP contribution in [0.1, 0.15) is 49.5 Å². The normalized spacial score (nSPS) is 12.5. The highest BCUT2D eigenvalue weighted by atomic mass is 16.6. The summed E-state index contributed by atoms with van der Waals surface area (Å²) in [5.74, 6) is -0.226. The summed E-state index contributed by atoms with van der Waals surface area (Å²) in [4.78, 5) is 11.8. The van der Waals surface area contributed by atoms with Gasteiger partial charge in [-0.2, -0.15) is 0 Å². The molecule has 0 amide bonds. The van der Waals surface area contributed by atoms with E-state index in [1.165, 1.54) is 18.4 Å². The third-order valence-corrected chi connectivity index (χ3v) is 2.91. The number of ether oxygens (including phenoxy) is 1. The predicted molar refractivity (Wildman–Crippen MR) is 73.3 cm³/mol. The molecule has 0 aliphatic carbocycles. The third kappa shape index (κ3) is 4.49. The van der Waals surface area contributed by atoms with Crippen molar-refractivity contribution in [1.29, 1.82) is 0 Å². The molecule has 2 N–H and O–H groups in total. The van der Waals surface area contributed by atoms with E-state index in [9.17, 15) is 4.79 Å². The van der Waals surface area contributed by atoms with Crippen molar-refractivity contribution in [2.75, 3.05) is 0 Å². The van der Waals surface area contributed by atoms with Crippen LogP contribution in [0, 0.1) is 5.92 Å². The maximum Gasteiger partial charge on any atom is 0.339 e. The number of rotatable bonds is 6. The fraction of sp³-hybridized carbons (Fsp3) is 0.533. The van der Waals surface area contributed by atoms with Gasteiger partial charge in [0.1, 0.15) is 0 Å². The number of esters is 1. The highest BCUT2D eigenvalue weighted by Gasteiger charge is 2.14. The minimum absolute atomic E-state index is 0.123. The Kier molecular flexibility index (Phi) is 5.86. The molecule has 3 heteroatoms. The van der Waals surface area contributed by atoms with Gasteiger partial charge in [0, 0.05) is 5.92 Å². The highest BCUT2D eigenvalue weighted by Crippen LogP contribution is 2.10. The van der Waals surface area contributed by atoms with E-state index in [0.29, 0.717) is 5.56 Å². The molecule has 0 saturated carbocycles. The molecule has 1 rings (SSSR count). The lowest BCUT2D eigenvalue weighted by Crippen LogP contribution is -2.32. The molecule has 0 radical (unpaired) electrons. The first-order valence-corrected chi connectivity index (χ1v) is 6.60. The molecule has 0 aromatic heterocycles. The molecule has 0 bridgehead atoms. The largest absolute Gasteiger partial charge is 0.443 e. The zero-order chi connectivity index (χ0) is 13.5. The van der Waals surface area contributed by atoms with Crippen LogP contribution in [-0.4, -0.2) is 12.2 Å². The Balaban J connectivity index is 2.59. The Morgan fingerprint density at radius 3 is 2.39 bits per heavy atom. The standard InChI is InChI=1S/C15H23NO2/c1-4-5-6-12-7-9-13(10-8-12)15(17)18-14(16)11(2)3/h7-11,14H,4-6,16H2,1-3H3. The number of nitrogens with two attached hydrogens (primary N) is 1. The molecule has 0 saturated heterocycles. The molecule has 0 aliphatic rings. The second-order valence-corrected chi connectivity index (χ2v) is 4.91. The van der Waals surface area contributed by atoms with Gasteiger partial charge >= 0.3 is 5.97 Å². The minimum Gasteiger partial charge on any atom is -0.443 e. The first kappa shape index (κ1) is 14.7. The van der Waals surface area contributed by atoms with Gasteiger partial charge in [-0.25, -0.2) is 4.79 Å². The fourth-order valence-corrected chi connectivity index (χ4v) is 1.52. The number of aryl methyl sites for hydroxylation is 1. The molecule has 1 atom stereocenters. The van der Waals surface area contributed by atoms with Crippen molar-refractivity contribution in [1.82, 2.24) is 0 Å². The molecule has 0 heterocycles. The number of hydrogen-bond donors (Lipinski definition) is 1. The smallest absolute Gasteiger partial charge is 0.339 e. The summed E-state index contributed by atoms with van der Waals surface area (Å²) in [6.07, 6.45) is 2.85. The van der Waals surface area contributed by atoms with Gasteiger partial charge in [-0.05, 0) is 30.5 Å². The Morgan fingerprint density at radius 1 is 1.28 bits per heavy atom. The second-order valence-electron chi connectivity index (χ2n) is 4.91. The van der Waals surface area contributed by atoms with E-state index < -0.39 is 6.23 Å². The lowest BCUT2D eigenvalue weighted by atomic mass is 10.1. The van der Waals surface area contributed by atoms with Gasteiger partial charge in [0.05, 0.1) is 5.56 Å². The van der Waals surface area contributed by atoms with E-state index in [1.807, 2.05) is 26.0 Å². The Labute approximate surface area is 109 Å². The van der Waals surface area contributed by atoms with E-state index in [1.54, 1.807) is 12.1 Å². The van der Waals surface area contributed by atoms with Crippen molar-refractivity contribution in [3.8, 4) is 0 Å². The summed E-state index contributed by atoms with van der Waals surface area (Å²) < 4.78 is 5.16. The molecule has 0 fully saturated rings. The SMILES string of the molecule is CCCCc1ccc(C(=O)OC(N)C(C)C)cc1. The van der Waals surface area contributed by atoms with Crippen molar-refractivity contribution in [2.24, 2.45) is 11.7 Å². The number of carbonyl (C=O) groups excluding carboxylic acids is 1. The second kappa shape index (κ2) is 7.17. The summed E-state index contributed by atoms with van der Waals surface area (Å²) in [6.45, 7) is 6.01. The summed E-state index contributed by atoms with van der Waals surface area (Å²) in [5.41, 5.74) is 7.52. The van der Waals surface area contributed by atoms with Gasteiger partial charge in [-0.15, -0.1) is 0 Å². The van der Waals surface area contributed by atoms with Crippen LogP contribution in [0.3, 0.4) is 0 Å². The van der Waals surface area contributed by atoms with Crippen LogP contribution in [-0.2, 0) is 11.2 Å². The average Bonchev–Trinajstić information content (AvgIpc) is 2.36. The van der Waals surface area contributed by atoms with E-state index in [2.05, 4.69) is 6.92 Å². The Morgan fingerprint density at radius 2 is 1.89 bits per heavy atom. The summed E-state index contributed by atoms with van der Waals surface area (Å²) in [7, 11) is 0. The van der Waals surface area contributed by atoms with Crippen LogP contribution in [0.25, 0.3) is 0 Å². The van der Waals surface area contributed by atoms with Crippen LogP contribution in [0.5, 0.6) is 0 Å². The lowest BCUT2D eigenvalue weighted by Gasteiger charge is -2.16. The maximum atomic E-state index is 11.8. The maximum absolute atomic E-state index is 11.8. The number of unbranched alkanes of at least 4 members (excludes halogenated alkanes) is 1. The van der Waals surface area contributed by atoms with E-state index >= 15 is 0 Å². The molecule has 1 aromatic rings. The van der Waals surface area contributed by atoms with Gasteiger partial charge in [0.25, 0.3) is 0 Å². The first-order valence-electron chi connectivity index (χ1n) is 6.60. The molecule has 0 aliphatic heterocycles. The topological polar surface area (TPSA) is 52.3 Å². The first-order chi connectivity index (χ1) is 8.54. The third-order valence-electron chi connectivity index (χ3n) is 2.91. The van der Waals surface area contributed by atoms with Gasteiger partial charge < -0.3 is 4.74 Å². The van der Waals surface area contributed by atoms with E-state index in [-0.39, 0.29) is 11.9 Å². The highest BCUT2D eigenvalue weighted by molar-refractivity contribution is 5.89. The minimum atomic E-state index is -0.544. The lowest BCUT2D eigenvalue weighted by molar-refractivity contribution is 0.0203. The van der Waals surface area contributed by atoms with Crippen LogP contribution in [0.2, 0.25) is 0 Å². The summed E-state index contributed by atoms with van der Waals surface area (Å²) in [5, 5.41) is 0. The van der Waals surface area contributed by atoms with Crippen molar-refractivity contribution < 1.29 is 9.53 Å². The van der Waals surface area contributed by atoms with E-state index in [0.717, 1.165) is 6.42 Å². The molecular formula is C15H23NO2. The summed E-state index contributed by atoms with van der Waals surface area (Å²) >= 11 is 0. The summed E-state index contributed by atoms with van der Waals surface area (Å²) in [6, 6.07) is 7.57. The van der Waals surface area contributed by atoms with Crippen molar-refractivity contribution in [3.05, 3.63) is 35.4 Å². The molecule has 3 nitrogen and oxygen atoms in total. The molecule has 100 valence electrons. The Hall–Kier alpha value is -1.35. The van der Waals surface area contributed by atoms with Crippen molar-refractivity contribution in [2.45, 2.75) is 46.3 Å². The quantitative estimate of drug-likeness (QED) is 0.622. The molecule has 1 unspecified atom stereocenters. The van der Waals surface area contributed by atoms with Gasteiger partial charge in [0.15, 0.2) is 6.23 Å². The molecule has 1 aromatic carbocycles. The van der Waals surface area contributed by atoms with Gasteiger partial charge in [0.2, 0.25) is 0 Å². The number of benzene rings is 1. The zero-order valence-electron chi connectivity index (χ0n) is 11.5. The van der Waals surface area contributed by atoms with Gasteiger partial charge in [-0.3, -0.25) is 5.73 Å². The van der Waals surface area contributed by atoms with Crippen molar-refractivity contribution in [3.63, 3.8) is 0 Å². The van der Waals surface area contributed by atoms with Crippen LogP contribution in [0.4, 0.5) is 0 Å². The van der Waals surface area contributed by atoms with Crippen LogP contribution >= 0.6 is 0 Å². The predicted octanol–water partition coefficient (Wildman–Crippen LogP) is 3.13. The molecular weight excluding hydrogens is 226 g/mol. The monoisotopic (exact) mass is 249 g/mol. The zero-order valence-corrected chi connectivity index (χ0v) is 11.5. The molecule has 18 heavy (non-hydrogen) atoms. The van der Waals surface area contributed by atoms with Crippen molar-refractivity contribution >= 4 is 5.97 Å². The van der Waals surface area contributed by atoms with Crippen LogP contribution in [0.15, 0.2) is 24.3 Å². The number of hydrogen-bond acceptors (Lipinski definition) is 3. The number of carbonyl (C=O) groups is 1. The molecule has 0 spiro atoms. The average molecular weight is 249 g/mol. The van der Waals surface area contributed by atoms with Gasteiger partial charge in [-0.1, -0.05) is 39.3 Å². The Bertz CT molecular complexity index is 371.